The van der Waals surface area contributed by atoms with E-state index in [2.05, 4.69) is 4.72 Å². The standard InChI is InChI=1S/C23H23NO4S/c1-17-8-14-21(15-9-17)29(26,27)24-22(18-10-12-20(28-2)13-11-18)16-23(25)19-6-4-3-5-7-19/h3-15,22,24H,16H2,1-2H3/t22-/m1/s1. The molecule has 0 unspecified atom stereocenters. The van der Waals surface area contributed by atoms with Crippen LogP contribution in [0.15, 0.2) is 83.8 Å². The first kappa shape index (κ1) is 20.8. The molecule has 1 N–H and O–H groups in total. The monoisotopic (exact) mass is 409 g/mol. The largest absolute Gasteiger partial charge is 0.497 e. The lowest BCUT2D eigenvalue weighted by Crippen LogP contribution is -2.30. The Morgan fingerprint density at radius 2 is 1.55 bits per heavy atom. The van der Waals surface area contributed by atoms with Crippen LogP contribution in [-0.2, 0) is 10.0 Å². The number of rotatable bonds is 8. The Kier molecular flexibility index (Phi) is 6.46. The quantitative estimate of drug-likeness (QED) is 0.563. The van der Waals surface area contributed by atoms with E-state index in [0.717, 1.165) is 5.56 Å². The van der Waals surface area contributed by atoms with Crippen LogP contribution in [0.25, 0.3) is 0 Å². The van der Waals surface area contributed by atoms with Crippen LogP contribution in [0.2, 0.25) is 0 Å². The maximum atomic E-state index is 12.9. The first-order valence-corrected chi connectivity index (χ1v) is 10.7. The van der Waals surface area contributed by atoms with Crippen molar-refractivity contribution in [1.82, 2.24) is 4.72 Å². The van der Waals surface area contributed by atoms with Crippen molar-refractivity contribution in [2.75, 3.05) is 7.11 Å². The van der Waals surface area contributed by atoms with Crippen molar-refractivity contribution >= 4 is 15.8 Å². The number of sulfonamides is 1. The zero-order chi connectivity index (χ0) is 20.9. The average Bonchev–Trinajstić information content (AvgIpc) is 2.74. The summed E-state index contributed by atoms with van der Waals surface area (Å²) in [5, 5.41) is 0. The smallest absolute Gasteiger partial charge is 0.241 e. The SMILES string of the molecule is COc1ccc([C@@H](CC(=O)c2ccccc2)NS(=O)(=O)c2ccc(C)cc2)cc1. The summed E-state index contributed by atoms with van der Waals surface area (Å²) in [5.74, 6) is 0.515. The molecule has 0 aromatic heterocycles. The van der Waals surface area contributed by atoms with Gasteiger partial charge in [-0.15, -0.1) is 0 Å². The molecule has 0 saturated heterocycles. The molecule has 0 spiro atoms. The van der Waals surface area contributed by atoms with Gasteiger partial charge in [-0.25, -0.2) is 13.1 Å². The van der Waals surface area contributed by atoms with Gasteiger partial charge in [-0.2, -0.15) is 0 Å². The Morgan fingerprint density at radius 1 is 0.931 bits per heavy atom. The molecule has 0 saturated carbocycles. The maximum Gasteiger partial charge on any atom is 0.241 e. The molecule has 0 aliphatic carbocycles. The highest BCUT2D eigenvalue weighted by Gasteiger charge is 2.24. The number of carbonyl (C=O) groups excluding carboxylic acids is 1. The molecule has 3 aromatic carbocycles. The third-order valence-electron chi connectivity index (χ3n) is 4.63. The molecule has 150 valence electrons. The molecule has 0 fully saturated rings. The minimum Gasteiger partial charge on any atom is -0.497 e. The van der Waals surface area contributed by atoms with Gasteiger partial charge in [0, 0.05) is 12.0 Å². The van der Waals surface area contributed by atoms with Crippen molar-refractivity contribution in [3.8, 4) is 5.75 Å². The van der Waals surface area contributed by atoms with Gasteiger partial charge in [0.1, 0.15) is 5.75 Å². The Hall–Kier alpha value is -2.96. The number of ether oxygens (including phenoxy) is 1. The zero-order valence-electron chi connectivity index (χ0n) is 16.3. The second-order valence-electron chi connectivity index (χ2n) is 6.75. The highest BCUT2D eigenvalue weighted by Crippen LogP contribution is 2.24. The summed E-state index contributed by atoms with van der Waals surface area (Å²) >= 11 is 0. The predicted octanol–water partition coefficient (Wildman–Crippen LogP) is 4.30. The lowest BCUT2D eigenvalue weighted by Gasteiger charge is -2.19. The van der Waals surface area contributed by atoms with Gasteiger partial charge >= 0.3 is 0 Å². The molecule has 0 aliphatic heterocycles. The first-order chi connectivity index (χ1) is 13.9. The van der Waals surface area contributed by atoms with E-state index in [9.17, 15) is 13.2 Å². The number of ketones is 1. The van der Waals surface area contributed by atoms with Gasteiger partial charge in [0.25, 0.3) is 0 Å². The molecule has 0 bridgehead atoms. The minimum absolute atomic E-state index is 0.00142. The zero-order valence-corrected chi connectivity index (χ0v) is 17.1. The lowest BCUT2D eigenvalue weighted by molar-refractivity contribution is 0.0972. The predicted molar refractivity (Wildman–Crippen MR) is 113 cm³/mol. The van der Waals surface area contributed by atoms with Crippen molar-refractivity contribution < 1.29 is 17.9 Å². The van der Waals surface area contributed by atoms with Gasteiger partial charge in [0.05, 0.1) is 18.0 Å². The molecule has 0 amide bonds. The van der Waals surface area contributed by atoms with E-state index >= 15 is 0 Å². The van der Waals surface area contributed by atoms with Crippen LogP contribution < -0.4 is 9.46 Å². The van der Waals surface area contributed by atoms with Crippen molar-refractivity contribution in [3.63, 3.8) is 0 Å². The second-order valence-corrected chi connectivity index (χ2v) is 8.47. The van der Waals surface area contributed by atoms with Gasteiger partial charge in [0.15, 0.2) is 5.78 Å². The number of Topliss-reactive ketones (excluding diaryl/α,β-unsaturated/α-hetero) is 1. The van der Waals surface area contributed by atoms with Crippen LogP contribution in [0.4, 0.5) is 0 Å². The molecule has 0 heterocycles. The molecule has 3 aromatic rings. The van der Waals surface area contributed by atoms with Gasteiger partial charge < -0.3 is 4.74 Å². The highest BCUT2D eigenvalue weighted by molar-refractivity contribution is 7.89. The van der Waals surface area contributed by atoms with E-state index in [1.165, 1.54) is 0 Å². The number of hydrogen-bond donors (Lipinski definition) is 1. The third kappa shape index (κ3) is 5.31. The van der Waals surface area contributed by atoms with E-state index in [-0.39, 0.29) is 17.1 Å². The first-order valence-electron chi connectivity index (χ1n) is 9.20. The third-order valence-corrected chi connectivity index (χ3v) is 6.12. The van der Waals surface area contributed by atoms with Crippen molar-refractivity contribution in [2.24, 2.45) is 0 Å². The van der Waals surface area contributed by atoms with E-state index in [1.807, 2.05) is 13.0 Å². The van der Waals surface area contributed by atoms with Crippen LogP contribution in [-0.4, -0.2) is 21.3 Å². The molecule has 5 nitrogen and oxygen atoms in total. The average molecular weight is 410 g/mol. The summed E-state index contributed by atoms with van der Waals surface area (Å²) in [6.07, 6.45) is 0.00142. The number of benzene rings is 3. The van der Waals surface area contributed by atoms with Crippen LogP contribution in [0.1, 0.15) is 33.9 Å². The number of carbonyl (C=O) groups is 1. The van der Waals surface area contributed by atoms with E-state index < -0.39 is 16.1 Å². The number of aryl methyl sites for hydroxylation is 1. The fraction of sp³-hybridized carbons (Fsp3) is 0.174. The lowest BCUT2D eigenvalue weighted by atomic mass is 9.98. The fourth-order valence-corrected chi connectivity index (χ4v) is 4.19. The van der Waals surface area contributed by atoms with E-state index in [0.29, 0.717) is 16.9 Å². The van der Waals surface area contributed by atoms with Crippen LogP contribution in [0.5, 0.6) is 5.75 Å². The summed E-state index contributed by atoms with van der Waals surface area (Å²) in [4.78, 5) is 12.9. The molecular weight excluding hydrogens is 386 g/mol. The van der Waals surface area contributed by atoms with E-state index in [4.69, 9.17) is 4.74 Å². The fourth-order valence-electron chi connectivity index (χ4n) is 2.96. The van der Waals surface area contributed by atoms with Gasteiger partial charge in [0.2, 0.25) is 10.0 Å². The van der Waals surface area contributed by atoms with Gasteiger partial charge in [-0.3, -0.25) is 4.79 Å². The van der Waals surface area contributed by atoms with Crippen LogP contribution in [0, 0.1) is 6.92 Å². The van der Waals surface area contributed by atoms with Crippen LogP contribution in [0.3, 0.4) is 0 Å². The summed E-state index contributed by atoms with van der Waals surface area (Å²) in [6.45, 7) is 1.89. The normalized spacial score (nSPS) is 12.3. The maximum absolute atomic E-state index is 12.9. The molecule has 0 aliphatic rings. The molecule has 29 heavy (non-hydrogen) atoms. The van der Waals surface area contributed by atoms with Crippen molar-refractivity contribution in [2.45, 2.75) is 24.3 Å². The summed E-state index contributed by atoms with van der Waals surface area (Å²) in [6, 6.07) is 21.8. The highest BCUT2D eigenvalue weighted by atomic mass is 32.2. The minimum atomic E-state index is -3.80. The number of hydrogen-bond acceptors (Lipinski definition) is 4. The van der Waals surface area contributed by atoms with Crippen LogP contribution >= 0.6 is 0 Å². The molecule has 3 rings (SSSR count). The van der Waals surface area contributed by atoms with Gasteiger partial charge in [-0.05, 0) is 36.8 Å². The topological polar surface area (TPSA) is 72.5 Å². The van der Waals surface area contributed by atoms with Crippen molar-refractivity contribution in [1.29, 1.82) is 0 Å². The molecular formula is C23H23NO4S. The van der Waals surface area contributed by atoms with Gasteiger partial charge in [-0.1, -0.05) is 60.2 Å². The summed E-state index contributed by atoms with van der Waals surface area (Å²) < 4.78 is 33.7. The Bertz CT molecular complexity index is 1060. The number of methoxy groups -OCH3 is 1. The Balaban J connectivity index is 1.91. The van der Waals surface area contributed by atoms with E-state index in [1.54, 1.807) is 79.9 Å². The Morgan fingerprint density at radius 3 is 2.14 bits per heavy atom. The summed E-state index contributed by atoms with van der Waals surface area (Å²) in [5.41, 5.74) is 2.20. The molecule has 0 radical (unpaired) electrons. The number of nitrogens with one attached hydrogen (secondary N) is 1. The second kappa shape index (κ2) is 9.03. The molecule has 1 atom stereocenters. The Labute approximate surface area is 171 Å². The van der Waals surface area contributed by atoms with Crippen molar-refractivity contribution in [3.05, 3.63) is 95.6 Å². The molecule has 6 heteroatoms. The summed E-state index contributed by atoms with van der Waals surface area (Å²) in [7, 11) is -2.24.